The molecule has 1 heteroatoms. The molecule has 12 heavy (non-hydrogen) atoms. The standard InChI is InChI=1S/C11H10N/c1-2-6-11-9(4-1)8-10-5-3-7-12(10)11/h2,4,6,8H,3,5,7H2. The third-order valence-electron chi connectivity index (χ3n) is 2.65. The van der Waals surface area contributed by atoms with Gasteiger partial charge in [0.05, 0.1) is 0 Å². The van der Waals surface area contributed by atoms with E-state index in [4.69, 9.17) is 0 Å². The number of nitrogens with zero attached hydrogens (tertiary/aromatic N) is 1. The summed E-state index contributed by atoms with van der Waals surface area (Å²) >= 11 is 0. The Morgan fingerprint density at radius 1 is 1.42 bits per heavy atom. The molecule has 0 saturated carbocycles. The van der Waals surface area contributed by atoms with E-state index in [2.05, 4.69) is 28.8 Å². The van der Waals surface area contributed by atoms with Crippen molar-refractivity contribution in [1.29, 1.82) is 0 Å². The quantitative estimate of drug-likeness (QED) is 0.552. The van der Waals surface area contributed by atoms with Crippen molar-refractivity contribution in [1.82, 2.24) is 4.57 Å². The molecule has 1 nitrogen and oxygen atoms in total. The highest BCUT2D eigenvalue weighted by Crippen LogP contribution is 2.25. The number of aryl methyl sites for hydroxylation is 2. The molecule has 0 bridgehead atoms. The first-order chi connectivity index (χ1) is 5.95. The molecular formula is C11H10N. The van der Waals surface area contributed by atoms with E-state index in [9.17, 15) is 0 Å². The molecule has 3 rings (SSSR count). The minimum Gasteiger partial charge on any atom is -0.345 e. The zero-order valence-electron chi connectivity index (χ0n) is 6.88. The van der Waals surface area contributed by atoms with Crippen LogP contribution in [0.3, 0.4) is 0 Å². The molecule has 1 aliphatic heterocycles. The Balaban J connectivity index is 2.44. The number of aromatic nitrogens is 1. The molecule has 2 aromatic rings. The van der Waals surface area contributed by atoms with Crippen molar-refractivity contribution in [2.45, 2.75) is 19.4 Å². The molecule has 0 fully saturated rings. The van der Waals surface area contributed by atoms with Crippen molar-refractivity contribution in [3.8, 4) is 0 Å². The molecule has 59 valence electrons. The second-order valence-corrected chi connectivity index (χ2v) is 3.38. The Bertz CT molecular complexity index is 425. The molecule has 0 atom stereocenters. The van der Waals surface area contributed by atoms with Gasteiger partial charge in [0.2, 0.25) is 0 Å². The van der Waals surface area contributed by atoms with Gasteiger partial charge in [-0.25, -0.2) is 0 Å². The van der Waals surface area contributed by atoms with E-state index in [1.165, 1.54) is 36.0 Å². The fourth-order valence-electron chi connectivity index (χ4n) is 2.10. The average molecular weight is 156 g/mol. The fourth-order valence-corrected chi connectivity index (χ4v) is 2.10. The van der Waals surface area contributed by atoms with Crippen molar-refractivity contribution in [2.24, 2.45) is 0 Å². The summed E-state index contributed by atoms with van der Waals surface area (Å²) < 4.78 is 2.42. The largest absolute Gasteiger partial charge is 0.345 e. The normalized spacial score (nSPS) is 15.3. The molecule has 0 spiro atoms. The summed E-state index contributed by atoms with van der Waals surface area (Å²) in [6.07, 6.45) is 2.55. The van der Waals surface area contributed by atoms with Gasteiger partial charge in [-0.1, -0.05) is 6.07 Å². The molecule has 0 N–H and O–H groups in total. The van der Waals surface area contributed by atoms with E-state index in [-0.39, 0.29) is 0 Å². The molecule has 0 amide bonds. The Kier molecular flexibility index (Phi) is 1.12. The van der Waals surface area contributed by atoms with Gasteiger partial charge in [-0.2, -0.15) is 0 Å². The van der Waals surface area contributed by atoms with Crippen molar-refractivity contribution < 1.29 is 0 Å². The molecule has 0 saturated heterocycles. The number of rotatable bonds is 0. The van der Waals surface area contributed by atoms with Gasteiger partial charge in [-0.15, -0.1) is 0 Å². The van der Waals surface area contributed by atoms with Crippen molar-refractivity contribution in [2.75, 3.05) is 0 Å². The second-order valence-electron chi connectivity index (χ2n) is 3.38. The summed E-state index contributed by atoms with van der Waals surface area (Å²) in [5, 5.41) is 1.34. The van der Waals surface area contributed by atoms with Crippen LogP contribution in [-0.4, -0.2) is 4.57 Å². The highest BCUT2D eigenvalue weighted by Gasteiger charge is 2.12. The van der Waals surface area contributed by atoms with Gasteiger partial charge in [0.1, 0.15) is 0 Å². The highest BCUT2D eigenvalue weighted by atomic mass is 15.0. The minimum atomic E-state index is 1.20. The molecule has 1 radical (unpaired) electrons. The molecule has 0 unspecified atom stereocenters. The van der Waals surface area contributed by atoms with Crippen molar-refractivity contribution in [3.63, 3.8) is 0 Å². The van der Waals surface area contributed by atoms with Crippen LogP contribution in [0.5, 0.6) is 0 Å². The van der Waals surface area contributed by atoms with Crippen LogP contribution in [0.2, 0.25) is 0 Å². The van der Waals surface area contributed by atoms with E-state index in [0.29, 0.717) is 0 Å². The van der Waals surface area contributed by atoms with Crippen LogP contribution in [0.25, 0.3) is 10.9 Å². The van der Waals surface area contributed by atoms with Gasteiger partial charge in [-0.3, -0.25) is 0 Å². The van der Waals surface area contributed by atoms with Crippen molar-refractivity contribution >= 4 is 10.9 Å². The van der Waals surface area contributed by atoms with E-state index in [1.807, 2.05) is 6.07 Å². The Hall–Kier alpha value is -1.24. The molecule has 0 aliphatic carbocycles. The summed E-state index contributed by atoms with van der Waals surface area (Å²) in [6.45, 7) is 1.20. The minimum absolute atomic E-state index is 1.20. The van der Waals surface area contributed by atoms with Gasteiger partial charge < -0.3 is 4.57 Å². The van der Waals surface area contributed by atoms with Gasteiger partial charge in [-0.05, 0) is 37.1 Å². The van der Waals surface area contributed by atoms with Crippen LogP contribution in [0.4, 0.5) is 0 Å². The first kappa shape index (κ1) is 6.30. The van der Waals surface area contributed by atoms with E-state index in [1.54, 1.807) is 0 Å². The van der Waals surface area contributed by atoms with Gasteiger partial charge in [0.25, 0.3) is 0 Å². The number of fused-ring (bicyclic) bond motifs is 3. The third kappa shape index (κ3) is 0.685. The predicted octanol–water partition coefficient (Wildman–Crippen LogP) is 2.39. The Morgan fingerprint density at radius 3 is 3.42 bits per heavy atom. The summed E-state index contributed by atoms with van der Waals surface area (Å²) in [4.78, 5) is 0. The first-order valence-corrected chi connectivity index (χ1v) is 4.43. The van der Waals surface area contributed by atoms with Crippen LogP contribution >= 0.6 is 0 Å². The monoisotopic (exact) mass is 156 g/mol. The Morgan fingerprint density at radius 2 is 2.42 bits per heavy atom. The van der Waals surface area contributed by atoms with Crippen LogP contribution in [0.1, 0.15) is 12.1 Å². The number of hydrogen-bond donors (Lipinski definition) is 0. The second kappa shape index (κ2) is 2.13. The third-order valence-corrected chi connectivity index (χ3v) is 2.65. The van der Waals surface area contributed by atoms with Crippen LogP contribution in [0, 0.1) is 6.07 Å². The van der Waals surface area contributed by atoms with Gasteiger partial charge in [0.15, 0.2) is 0 Å². The maximum absolute atomic E-state index is 3.11. The average Bonchev–Trinajstić information content (AvgIpc) is 2.62. The zero-order chi connectivity index (χ0) is 7.97. The summed E-state index contributed by atoms with van der Waals surface area (Å²) in [5.74, 6) is 0. The maximum Gasteiger partial charge on any atom is 0.0482 e. The Labute approximate surface area is 71.6 Å². The lowest BCUT2D eigenvalue weighted by Gasteiger charge is -1.97. The molecule has 1 aromatic carbocycles. The van der Waals surface area contributed by atoms with Crippen molar-refractivity contribution in [3.05, 3.63) is 36.0 Å². The van der Waals surface area contributed by atoms with Crippen LogP contribution in [0.15, 0.2) is 24.3 Å². The molecule has 1 aromatic heterocycles. The molecule has 1 aliphatic rings. The summed E-state index contributed by atoms with van der Waals surface area (Å²) in [6, 6.07) is 11.6. The predicted molar refractivity (Wildman–Crippen MR) is 49.1 cm³/mol. The summed E-state index contributed by atoms with van der Waals surface area (Å²) in [5.41, 5.74) is 2.87. The molecular weight excluding hydrogens is 146 g/mol. The van der Waals surface area contributed by atoms with E-state index < -0.39 is 0 Å². The number of hydrogen-bond acceptors (Lipinski definition) is 0. The maximum atomic E-state index is 3.11. The lowest BCUT2D eigenvalue weighted by Crippen LogP contribution is -1.89. The first-order valence-electron chi connectivity index (χ1n) is 4.43. The van der Waals surface area contributed by atoms with Gasteiger partial charge in [0, 0.05) is 23.1 Å². The fraction of sp³-hybridized carbons (Fsp3) is 0.273. The molecule has 2 heterocycles. The van der Waals surface area contributed by atoms with E-state index in [0.717, 1.165) is 0 Å². The lowest BCUT2D eigenvalue weighted by atomic mass is 10.2. The number of benzene rings is 1. The highest BCUT2D eigenvalue weighted by molar-refractivity contribution is 5.81. The van der Waals surface area contributed by atoms with Gasteiger partial charge >= 0.3 is 0 Å². The SMILES string of the molecule is [c]1ccc2c(c1)cc1n2CCC1. The van der Waals surface area contributed by atoms with Crippen LogP contribution < -0.4 is 0 Å². The zero-order valence-corrected chi connectivity index (χ0v) is 6.88. The smallest absolute Gasteiger partial charge is 0.0482 e. The lowest BCUT2D eigenvalue weighted by molar-refractivity contribution is 0.772. The van der Waals surface area contributed by atoms with Crippen LogP contribution in [-0.2, 0) is 13.0 Å². The summed E-state index contributed by atoms with van der Waals surface area (Å²) in [7, 11) is 0. The van der Waals surface area contributed by atoms with E-state index >= 15 is 0 Å². The topological polar surface area (TPSA) is 4.93 Å².